The van der Waals surface area contributed by atoms with Gasteiger partial charge in [-0.1, -0.05) is 88.4 Å². The van der Waals surface area contributed by atoms with Crippen molar-refractivity contribution in [2.75, 3.05) is 0 Å². The Kier molecular flexibility index (Phi) is 6.85. The SMILES string of the molecule is CC[C@H](O[Si](c1ccccc1)(c1ccccc1)C(C)(C)C)[C@@H]1C[C@@H]([C@@H](C)O)C(=O)O1. The smallest absolute Gasteiger partial charge is 0.312 e. The van der Waals surface area contributed by atoms with E-state index in [0.29, 0.717) is 6.42 Å². The fourth-order valence-electron chi connectivity index (χ4n) is 4.59. The molecule has 162 valence electrons. The molecule has 4 nitrogen and oxygen atoms in total. The van der Waals surface area contributed by atoms with E-state index in [1.807, 2.05) is 12.1 Å². The first-order valence-electron chi connectivity index (χ1n) is 10.9. The summed E-state index contributed by atoms with van der Waals surface area (Å²) < 4.78 is 12.9. The molecule has 0 radical (unpaired) electrons. The summed E-state index contributed by atoms with van der Waals surface area (Å²) in [5, 5.41) is 12.3. The van der Waals surface area contributed by atoms with E-state index in [9.17, 15) is 9.90 Å². The van der Waals surface area contributed by atoms with Crippen molar-refractivity contribution in [2.24, 2.45) is 5.92 Å². The number of hydrogen-bond acceptors (Lipinski definition) is 4. The Morgan fingerprint density at radius 3 is 1.93 bits per heavy atom. The molecule has 0 aliphatic carbocycles. The normalized spacial score (nSPS) is 21.9. The molecule has 3 rings (SSSR count). The topological polar surface area (TPSA) is 55.8 Å². The highest BCUT2D eigenvalue weighted by Gasteiger charge is 2.53. The molecule has 0 saturated carbocycles. The highest BCUT2D eigenvalue weighted by molar-refractivity contribution is 6.99. The molecule has 2 aromatic rings. The lowest BCUT2D eigenvalue weighted by Crippen LogP contribution is -2.68. The quantitative estimate of drug-likeness (QED) is 0.542. The molecule has 5 heteroatoms. The fraction of sp³-hybridized carbons (Fsp3) is 0.480. The molecule has 0 bridgehead atoms. The summed E-state index contributed by atoms with van der Waals surface area (Å²) in [6.07, 6.45) is -0.0667. The summed E-state index contributed by atoms with van der Waals surface area (Å²) in [6.45, 7) is 10.5. The fourth-order valence-corrected chi connectivity index (χ4v) is 9.38. The Morgan fingerprint density at radius 2 is 1.57 bits per heavy atom. The minimum absolute atomic E-state index is 0.143. The molecule has 1 fully saturated rings. The van der Waals surface area contributed by atoms with Gasteiger partial charge in [0.15, 0.2) is 0 Å². The second kappa shape index (κ2) is 9.04. The predicted octanol–water partition coefficient (Wildman–Crippen LogP) is 3.65. The molecular formula is C25H34O4Si. The van der Waals surface area contributed by atoms with Crippen LogP contribution in [-0.2, 0) is 14.0 Å². The lowest BCUT2D eigenvalue weighted by atomic mass is 9.97. The highest BCUT2D eigenvalue weighted by atomic mass is 28.4. The third-order valence-corrected chi connectivity index (χ3v) is 11.3. The number of cyclic esters (lactones) is 1. The van der Waals surface area contributed by atoms with Gasteiger partial charge in [-0.2, -0.15) is 0 Å². The molecule has 30 heavy (non-hydrogen) atoms. The molecule has 4 atom stereocenters. The summed E-state index contributed by atoms with van der Waals surface area (Å²) in [7, 11) is -2.73. The molecule has 0 unspecified atom stereocenters. The Bertz CT molecular complexity index is 790. The monoisotopic (exact) mass is 426 g/mol. The number of aliphatic hydroxyl groups excluding tert-OH is 1. The molecule has 2 aromatic carbocycles. The van der Waals surface area contributed by atoms with Crippen LogP contribution < -0.4 is 10.4 Å². The molecule has 1 aliphatic heterocycles. The minimum Gasteiger partial charge on any atom is -0.459 e. The van der Waals surface area contributed by atoms with Gasteiger partial charge in [0.2, 0.25) is 0 Å². The zero-order chi connectivity index (χ0) is 21.9. The van der Waals surface area contributed by atoms with Crippen molar-refractivity contribution in [1.82, 2.24) is 0 Å². The molecule has 1 saturated heterocycles. The largest absolute Gasteiger partial charge is 0.459 e. The maximum atomic E-state index is 12.3. The van der Waals surface area contributed by atoms with Crippen LogP contribution in [0, 0.1) is 5.92 Å². The second-order valence-electron chi connectivity index (χ2n) is 9.29. The Morgan fingerprint density at radius 1 is 1.07 bits per heavy atom. The average Bonchev–Trinajstić information content (AvgIpc) is 3.11. The number of rotatable bonds is 7. The Balaban J connectivity index is 2.08. The van der Waals surface area contributed by atoms with Crippen LogP contribution in [0.3, 0.4) is 0 Å². The van der Waals surface area contributed by atoms with Crippen LogP contribution in [0.1, 0.15) is 47.5 Å². The number of esters is 1. The third kappa shape index (κ3) is 4.24. The van der Waals surface area contributed by atoms with E-state index >= 15 is 0 Å². The lowest BCUT2D eigenvalue weighted by Gasteiger charge is -2.45. The van der Waals surface area contributed by atoms with Gasteiger partial charge in [-0.25, -0.2) is 0 Å². The summed E-state index contributed by atoms with van der Waals surface area (Å²) in [4.78, 5) is 12.3. The van der Waals surface area contributed by atoms with Crippen LogP contribution in [0.5, 0.6) is 0 Å². The van der Waals surface area contributed by atoms with Crippen molar-refractivity contribution in [3.63, 3.8) is 0 Å². The maximum Gasteiger partial charge on any atom is 0.312 e. The van der Waals surface area contributed by atoms with E-state index in [1.165, 1.54) is 10.4 Å². The van der Waals surface area contributed by atoms with Gasteiger partial charge in [0.05, 0.1) is 18.1 Å². The number of hydrogen-bond donors (Lipinski definition) is 1. The number of carbonyl (C=O) groups is 1. The Hall–Kier alpha value is -1.95. The first-order chi connectivity index (χ1) is 14.2. The van der Waals surface area contributed by atoms with Gasteiger partial charge >= 0.3 is 5.97 Å². The van der Waals surface area contributed by atoms with Crippen molar-refractivity contribution in [3.05, 3.63) is 60.7 Å². The van der Waals surface area contributed by atoms with Gasteiger partial charge in [-0.15, -0.1) is 0 Å². The number of ether oxygens (including phenoxy) is 1. The van der Waals surface area contributed by atoms with Gasteiger partial charge in [-0.3, -0.25) is 4.79 Å². The molecular weight excluding hydrogens is 392 g/mol. The van der Waals surface area contributed by atoms with Crippen LogP contribution in [0.15, 0.2) is 60.7 Å². The molecule has 1 N–H and O–H groups in total. The zero-order valence-corrected chi connectivity index (χ0v) is 19.7. The van der Waals surface area contributed by atoms with E-state index in [0.717, 1.165) is 6.42 Å². The summed E-state index contributed by atoms with van der Waals surface area (Å²) in [5.74, 6) is -0.800. The van der Waals surface area contributed by atoms with Crippen molar-refractivity contribution >= 4 is 24.7 Å². The molecule has 1 heterocycles. The Labute approximate surface area is 181 Å². The van der Waals surface area contributed by atoms with Gasteiger partial charge in [0.1, 0.15) is 6.10 Å². The molecule has 1 aliphatic rings. The van der Waals surface area contributed by atoms with Crippen molar-refractivity contribution in [3.8, 4) is 0 Å². The molecule has 0 amide bonds. The third-order valence-electron chi connectivity index (χ3n) is 6.20. The van der Waals surface area contributed by atoms with Gasteiger partial charge < -0.3 is 14.3 Å². The minimum atomic E-state index is -2.73. The molecule has 0 aromatic heterocycles. The summed E-state index contributed by atoms with van der Waals surface area (Å²) in [6, 6.07) is 21.0. The molecule has 0 spiro atoms. The predicted molar refractivity (Wildman–Crippen MR) is 122 cm³/mol. The van der Waals surface area contributed by atoms with Crippen molar-refractivity contribution in [1.29, 1.82) is 0 Å². The number of benzene rings is 2. The van der Waals surface area contributed by atoms with Crippen LogP contribution in [0.4, 0.5) is 0 Å². The van der Waals surface area contributed by atoms with Crippen molar-refractivity contribution < 1.29 is 19.1 Å². The summed E-state index contributed by atoms with van der Waals surface area (Å²) >= 11 is 0. The van der Waals surface area contributed by atoms with Crippen LogP contribution in [-0.4, -0.2) is 37.7 Å². The first-order valence-corrected chi connectivity index (χ1v) is 12.8. The van der Waals surface area contributed by atoms with Gasteiger partial charge in [0.25, 0.3) is 8.32 Å². The van der Waals surface area contributed by atoms with Gasteiger partial charge in [0, 0.05) is 6.42 Å². The van der Waals surface area contributed by atoms with E-state index in [2.05, 4.69) is 76.2 Å². The van der Waals surface area contributed by atoms with E-state index < -0.39 is 20.3 Å². The van der Waals surface area contributed by atoms with Crippen LogP contribution in [0.25, 0.3) is 0 Å². The summed E-state index contributed by atoms with van der Waals surface area (Å²) in [5.41, 5.74) is 0. The van der Waals surface area contributed by atoms with Crippen molar-refractivity contribution in [2.45, 2.75) is 70.8 Å². The van der Waals surface area contributed by atoms with E-state index in [1.54, 1.807) is 6.92 Å². The highest BCUT2D eigenvalue weighted by Crippen LogP contribution is 2.39. The first kappa shape index (κ1) is 22.7. The second-order valence-corrected chi connectivity index (χ2v) is 13.5. The van der Waals surface area contributed by atoms with Crippen LogP contribution in [0.2, 0.25) is 5.04 Å². The number of aliphatic hydroxyl groups is 1. The van der Waals surface area contributed by atoms with Crippen LogP contribution >= 0.6 is 0 Å². The number of carbonyl (C=O) groups excluding carboxylic acids is 1. The van der Waals surface area contributed by atoms with E-state index in [-0.39, 0.29) is 23.2 Å². The van der Waals surface area contributed by atoms with E-state index in [4.69, 9.17) is 9.16 Å². The maximum absolute atomic E-state index is 12.3. The zero-order valence-electron chi connectivity index (χ0n) is 18.7. The van der Waals surface area contributed by atoms with Gasteiger partial charge in [-0.05, 0) is 28.8 Å². The lowest BCUT2D eigenvalue weighted by molar-refractivity contribution is -0.149. The average molecular weight is 427 g/mol. The standard InChI is InChI=1S/C25H34O4Si/c1-6-22(23-17-21(18(2)26)24(27)28-23)29-30(25(3,4)5,19-13-9-7-10-14-19)20-15-11-8-12-16-20/h7-16,18,21-23,26H,6,17H2,1-5H3/t18-,21+,22+,23+/m1/s1.